The molecular weight excluding hydrogens is 426 g/mol. The van der Waals surface area contributed by atoms with Gasteiger partial charge in [0.1, 0.15) is 5.75 Å². The Morgan fingerprint density at radius 1 is 1.29 bits per heavy atom. The predicted molar refractivity (Wildman–Crippen MR) is 131 cm³/mol. The Bertz CT molecular complexity index is 1020. The molecule has 0 spiro atoms. The summed E-state index contributed by atoms with van der Waals surface area (Å²) in [5.74, 6) is 1.05. The molecule has 1 aromatic heterocycles. The van der Waals surface area contributed by atoms with E-state index in [9.17, 15) is 4.79 Å². The van der Waals surface area contributed by atoms with Gasteiger partial charge in [-0.2, -0.15) is 0 Å². The number of hydrogen-bond acceptors (Lipinski definition) is 6. The van der Waals surface area contributed by atoms with Crippen molar-refractivity contribution in [3.63, 3.8) is 0 Å². The molecule has 0 radical (unpaired) electrons. The fraction of sp³-hybridized carbons (Fsp3) is 0.417. The van der Waals surface area contributed by atoms with Crippen molar-refractivity contribution in [2.75, 3.05) is 37.4 Å². The SMILES string of the molecule is CCOc1ccc2nc(N3CCC[C@@H](C(=O)NCCc4ccc(SC)cc4)C3)sc2c1. The lowest BCUT2D eigenvalue weighted by Crippen LogP contribution is -2.43. The van der Waals surface area contributed by atoms with Crippen LogP contribution in [0.5, 0.6) is 5.75 Å². The molecule has 0 aliphatic carbocycles. The van der Waals surface area contributed by atoms with Crippen LogP contribution in [0.25, 0.3) is 10.2 Å². The highest BCUT2D eigenvalue weighted by molar-refractivity contribution is 7.98. The highest BCUT2D eigenvalue weighted by Crippen LogP contribution is 2.33. The Morgan fingerprint density at radius 3 is 2.90 bits per heavy atom. The first-order chi connectivity index (χ1) is 15.2. The van der Waals surface area contributed by atoms with Crippen LogP contribution in [-0.4, -0.2) is 43.4 Å². The second-order valence-corrected chi connectivity index (χ2v) is 9.62. The van der Waals surface area contributed by atoms with E-state index >= 15 is 0 Å². The van der Waals surface area contributed by atoms with Crippen molar-refractivity contribution in [2.24, 2.45) is 5.92 Å². The number of ether oxygens (including phenoxy) is 1. The van der Waals surface area contributed by atoms with Crippen LogP contribution >= 0.6 is 23.1 Å². The van der Waals surface area contributed by atoms with E-state index in [-0.39, 0.29) is 11.8 Å². The van der Waals surface area contributed by atoms with E-state index in [1.165, 1.54) is 10.5 Å². The first-order valence-electron chi connectivity index (χ1n) is 10.8. The first kappa shape index (κ1) is 22.0. The van der Waals surface area contributed by atoms with Crippen molar-refractivity contribution >= 4 is 44.4 Å². The molecule has 0 saturated carbocycles. The maximum atomic E-state index is 12.8. The summed E-state index contributed by atoms with van der Waals surface area (Å²) in [5, 5.41) is 4.14. The first-order valence-corrected chi connectivity index (χ1v) is 12.9. The number of piperidine rings is 1. The Labute approximate surface area is 192 Å². The number of anilines is 1. The molecule has 164 valence electrons. The average molecular weight is 456 g/mol. The molecule has 2 aromatic carbocycles. The second kappa shape index (κ2) is 10.4. The van der Waals surface area contributed by atoms with Gasteiger partial charge in [0.2, 0.25) is 5.91 Å². The molecule has 1 N–H and O–H groups in total. The Kier molecular flexibility index (Phi) is 7.35. The monoisotopic (exact) mass is 455 g/mol. The van der Waals surface area contributed by atoms with E-state index < -0.39 is 0 Å². The molecule has 4 rings (SSSR count). The largest absolute Gasteiger partial charge is 0.494 e. The highest BCUT2D eigenvalue weighted by atomic mass is 32.2. The molecule has 0 unspecified atom stereocenters. The van der Waals surface area contributed by atoms with E-state index in [1.54, 1.807) is 23.1 Å². The van der Waals surface area contributed by atoms with Crippen LogP contribution in [0, 0.1) is 5.92 Å². The van der Waals surface area contributed by atoms with E-state index in [0.717, 1.165) is 53.4 Å². The molecule has 31 heavy (non-hydrogen) atoms. The van der Waals surface area contributed by atoms with E-state index in [2.05, 4.69) is 46.8 Å². The van der Waals surface area contributed by atoms with Gasteiger partial charge in [-0.05, 0) is 68.3 Å². The van der Waals surface area contributed by atoms with Crippen molar-refractivity contribution in [1.82, 2.24) is 10.3 Å². The maximum absolute atomic E-state index is 12.8. The lowest BCUT2D eigenvalue weighted by atomic mass is 9.97. The third-order valence-corrected chi connectivity index (χ3v) is 7.42. The van der Waals surface area contributed by atoms with E-state index in [4.69, 9.17) is 9.72 Å². The summed E-state index contributed by atoms with van der Waals surface area (Å²) in [4.78, 5) is 21.1. The van der Waals surface area contributed by atoms with Gasteiger partial charge in [-0.15, -0.1) is 11.8 Å². The molecule has 2 heterocycles. The van der Waals surface area contributed by atoms with Gasteiger partial charge in [0, 0.05) is 24.5 Å². The zero-order valence-electron chi connectivity index (χ0n) is 18.1. The number of amides is 1. The summed E-state index contributed by atoms with van der Waals surface area (Å²) in [7, 11) is 0. The van der Waals surface area contributed by atoms with Gasteiger partial charge >= 0.3 is 0 Å². The molecule has 1 aliphatic heterocycles. The number of benzene rings is 2. The fourth-order valence-electron chi connectivity index (χ4n) is 3.92. The third kappa shape index (κ3) is 5.52. The van der Waals surface area contributed by atoms with Crippen LogP contribution in [0.3, 0.4) is 0 Å². The van der Waals surface area contributed by atoms with Gasteiger partial charge in [0.15, 0.2) is 5.13 Å². The number of fused-ring (bicyclic) bond motifs is 1. The van der Waals surface area contributed by atoms with Gasteiger partial charge < -0.3 is 15.0 Å². The quantitative estimate of drug-likeness (QED) is 0.485. The van der Waals surface area contributed by atoms with Crippen molar-refractivity contribution < 1.29 is 9.53 Å². The fourth-order valence-corrected chi connectivity index (χ4v) is 5.35. The molecule has 1 fully saturated rings. The van der Waals surface area contributed by atoms with Crippen molar-refractivity contribution in [1.29, 1.82) is 0 Å². The number of rotatable bonds is 8. The topological polar surface area (TPSA) is 54.5 Å². The molecular formula is C24H29N3O2S2. The zero-order chi connectivity index (χ0) is 21.6. The van der Waals surface area contributed by atoms with Crippen LogP contribution in [0.1, 0.15) is 25.3 Å². The number of nitrogens with one attached hydrogen (secondary N) is 1. The molecule has 0 bridgehead atoms. The molecule has 7 heteroatoms. The van der Waals surface area contributed by atoms with Gasteiger partial charge in [-0.25, -0.2) is 4.98 Å². The zero-order valence-corrected chi connectivity index (χ0v) is 19.7. The number of aromatic nitrogens is 1. The summed E-state index contributed by atoms with van der Waals surface area (Å²) in [5.41, 5.74) is 2.24. The van der Waals surface area contributed by atoms with E-state index in [1.807, 2.05) is 19.1 Å². The smallest absolute Gasteiger partial charge is 0.224 e. The molecule has 1 atom stereocenters. The van der Waals surface area contributed by atoms with Gasteiger partial charge in [0.25, 0.3) is 0 Å². The lowest BCUT2D eigenvalue weighted by Gasteiger charge is -2.31. The van der Waals surface area contributed by atoms with Crippen LogP contribution in [0.15, 0.2) is 47.4 Å². The van der Waals surface area contributed by atoms with Gasteiger partial charge in [-0.3, -0.25) is 4.79 Å². The number of hydrogen-bond donors (Lipinski definition) is 1. The number of nitrogens with zero attached hydrogens (tertiary/aromatic N) is 2. The molecule has 5 nitrogen and oxygen atoms in total. The van der Waals surface area contributed by atoms with E-state index in [0.29, 0.717) is 13.2 Å². The minimum Gasteiger partial charge on any atom is -0.494 e. The minimum absolute atomic E-state index is 0.0126. The van der Waals surface area contributed by atoms with Crippen molar-refractivity contribution in [3.05, 3.63) is 48.0 Å². The van der Waals surface area contributed by atoms with Crippen LogP contribution in [-0.2, 0) is 11.2 Å². The van der Waals surface area contributed by atoms with Gasteiger partial charge in [0.05, 0.1) is 22.7 Å². The number of thiazole rings is 1. The summed E-state index contributed by atoms with van der Waals surface area (Å²) in [6, 6.07) is 14.6. The van der Waals surface area contributed by atoms with Crippen LogP contribution in [0.2, 0.25) is 0 Å². The number of thioether (sulfide) groups is 1. The summed E-state index contributed by atoms with van der Waals surface area (Å²) < 4.78 is 6.73. The normalized spacial score (nSPS) is 16.5. The standard InChI is InChI=1S/C24H29N3O2S2/c1-3-29-19-8-11-21-22(15-19)31-24(26-21)27-14-4-5-18(16-27)23(28)25-13-12-17-6-9-20(30-2)10-7-17/h6-11,15,18H,3-5,12-14,16H2,1-2H3,(H,25,28)/t18-/m1/s1. The van der Waals surface area contributed by atoms with Crippen molar-refractivity contribution in [2.45, 2.75) is 31.1 Å². The summed E-state index contributed by atoms with van der Waals surface area (Å²) >= 11 is 3.42. The van der Waals surface area contributed by atoms with Crippen LogP contribution < -0.4 is 15.0 Å². The lowest BCUT2D eigenvalue weighted by molar-refractivity contribution is -0.125. The Hall–Kier alpha value is -2.25. The summed E-state index contributed by atoms with van der Waals surface area (Å²) in [6.45, 7) is 5.00. The molecule has 3 aromatic rings. The molecule has 1 saturated heterocycles. The average Bonchev–Trinajstić information content (AvgIpc) is 3.23. The predicted octanol–water partition coefficient (Wildman–Crippen LogP) is 4.99. The molecule has 1 amide bonds. The second-order valence-electron chi connectivity index (χ2n) is 7.73. The minimum atomic E-state index is 0.0126. The van der Waals surface area contributed by atoms with Gasteiger partial charge in [-0.1, -0.05) is 23.5 Å². The number of carbonyl (C=O) groups excluding carboxylic acids is 1. The molecule has 1 aliphatic rings. The van der Waals surface area contributed by atoms with Crippen molar-refractivity contribution in [3.8, 4) is 5.75 Å². The van der Waals surface area contributed by atoms with Crippen LogP contribution in [0.4, 0.5) is 5.13 Å². The highest BCUT2D eigenvalue weighted by Gasteiger charge is 2.27. The Balaban J connectivity index is 1.33. The third-order valence-electron chi connectivity index (χ3n) is 5.59. The Morgan fingerprint density at radius 2 is 2.13 bits per heavy atom. The summed E-state index contributed by atoms with van der Waals surface area (Å²) in [6.07, 6.45) is 4.88. The number of carbonyl (C=O) groups is 1. The maximum Gasteiger partial charge on any atom is 0.224 e.